The maximum atomic E-state index is 11.8. The van der Waals surface area contributed by atoms with Crippen molar-refractivity contribution in [3.05, 3.63) is 33.8 Å². The third kappa shape index (κ3) is 4.25. The molecule has 1 aromatic carbocycles. The summed E-state index contributed by atoms with van der Waals surface area (Å²) >= 11 is 12.0. The lowest BCUT2D eigenvalue weighted by atomic mass is 10.1. The van der Waals surface area contributed by atoms with Crippen molar-refractivity contribution in [2.45, 2.75) is 18.8 Å². The van der Waals surface area contributed by atoms with Crippen LogP contribution in [-0.4, -0.2) is 19.0 Å². The molecule has 2 rings (SSSR count). The Kier molecular flexibility index (Phi) is 6.40. The monoisotopic (exact) mass is 322 g/mol. The van der Waals surface area contributed by atoms with Gasteiger partial charge in [0.15, 0.2) is 0 Å². The molecule has 1 aliphatic rings. The van der Waals surface area contributed by atoms with Gasteiger partial charge in [-0.3, -0.25) is 4.79 Å². The molecule has 1 aromatic rings. The Morgan fingerprint density at radius 3 is 2.79 bits per heavy atom. The fourth-order valence-electron chi connectivity index (χ4n) is 2.08. The van der Waals surface area contributed by atoms with E-state index in [-0.39, 0.29) is 30.2 Å². The maximum Gasteiger partial charge on any atom is 0.223 e. The lowest BCUT2D eigenvalue weighted by Crippen LogP contribution is -2.27. The number of amides is 1. The number of rotatable bonds is 5. The molecule has 1 amide bonds. The van der Waals surface area contributed by atoms with Gasteiger partial charge in [0.25, 0.3) is 0 Å². The van der Waals surface area contributed by atoms with E-state index in [4.69, 9.17) is 28.9 Å². The smallest absolute Gasteiger partial charge is 0.223 e. The Morgan fingerprint density at radius 1 is 1.42 bits per heavy atom. The molecule has 3 N–H and O–H groups in total. The van der Waals surface area contributed by atoms with Crippen molar-refractivity contribution in [1.29, 1.82) is 0 Å². The standard InChI is InChI=1S/C13H16Cl2N2O.ClH/c14-8-2-3-9(12(15)6-8)10-7-11(10)13(18)17-5-1-4-16;/h2-3,6,10-11H,1,4-5,7,16H2,(H,17,18);1H. The van der Waals surface area contributed by atoms with Gasteiger partial charge in [-0.2, -0.15) is 0 Å². The van der Waals surface area contributed by atoms with Crippen LogP contribution in [0.1, 0.15) is 24.3 Å². The number of halogens is 3. The highest BCUT2D eigenvalue weighted by Gasteiger charge is 2.44. The first-order valence-electron chi connectivity index (χ1n) is 6.06. The van der Waals surface area contributed by atoms with Gasteiger partial charge in [0.05, 0.1) is 0 Å². The van der Waals surface area contributed by atoms with E-state index in [2.05, 4.69) is 5.32 Å². The summed E-state index contributed by atoms with van der Waals surface area (Å²) in [6, 6.07) is 5.44. The van der Waals surface area contributed by atoms with E-state index < -0.39 is 0 Å². The van der Waals surface area contributed by atoms with Crippen molar-refractivity contribution < 1.29 is 4.79 Å². The maximum absolute atomic E-state index is 11.8. The third-order valence-corrected chi connectivity index (χ3v) is 3.73. The number of hydrogen-bond donors (Lipinski definition) is 2. The Morgan fingerprint density at radius 2 is 2.16 bits per heavy atom. The molecular formula is C13H17Cl3N2O. The largest absolute Gasteiger partial charge is 0.356 e. The van der Waals surface area contributed by atoms with Crippen molar-refractivity contribution >= 4 is 41.5 Å². The Balaban J connectivity index is 0.00000180. The molecule has 0 aliphatic heterocycles. The summed E-state index contributed by atoms with van der Waals surface area (Å²) in [6.45, 7) is 1.24. The van der Waals surface area contributed by atoms with Crippen LogP contribution < -0.4 is 11.1 Å². The van der Waals surface area contributed by atoms with Crippen LogP contribution in [0.15, 0.2) is 18.2 Å². The average Bonchev–Trinajstić information content (AvgIpc) is 3.09. The van der Waals surface area contributed by atoms with Crippen LogP contribution in [0.25, 0.3) is 0 Å². The van der Waals surface area contributed by atoms with Crippen molar-refractivity contribution in [2.24, 2.45) is 11.7 Å². The molecular weight excluding hydrogens is 307 g/mol. The van der Waals surface area contributed by atoms with E-state index in [1.165, 1.54) is 0 Å². The fraction of sp³-hybridized carbons (Fsp3) is 0.462. The quantitative estimate of drug-likeness (QED) is 0.819. The molecule has 1 saturated carbocycles. The highest BCUT2D eigenvalue weighted by atomic mass is 35.5. The first kappa shape index (κ1) is 16.6. The number of hydrogen-bond acceptors (Lipinski definition) is 2. The zero-order chi connectivity index (χ0) is 13.1. The molecule has 106 valence electrons. The van der Waals surface area contributed by atoms with E-state index in [9.17, 15) is 4.79 Å². The van der Waals surface area contributed by atoms with E-state index in [1.54, 1.807) is 6.07 Å². The van der Waals surface area contributed by atoms with Gasteiger partial charge in [0.2, 0.25) is 5.91 Å². The Labute approximate surface area is 129 Å². The van der Waals surface area contributed by atoms with E-state index in [1.807, 2.05) is 12.1 Å². The lowest BCUT2D eigenvalue weighted by Gasteiger charge is -2.05. The van der Waals surface area contributed by atoms with Crippen LogP contribution in [0, 0.1) is 5.92 Å². The summed E-state index contributed by atoms with van der Waals surface area (Å²) in [6.07, 6.45) is 1.67. The van der Waals surface area contributed by atoms with Crippen LogP contribution in [0.5, 0.6) is 0 Å². The zero-order valence-electron chi connectivity index (χ0n) is 10.4. The van der Waals surface area contributed by atoms with Crippen LogP contribution >= 0.6 is 35.6 Å². The topological polar surface area (TPSA) is 55.1 Å². The fourth-order valence-corrected chi connectivity index (χ4v) is 2.62. The van der Waals surface area contributed by atoms with Crippen LogP contribution in [0.2, 0.25) is 10.0 Å². The van der Waals surface area contributed by atoms with Gasteiger partial charge in [0.1, 0.15) is 0 Å². The first-order valence-corrected chi connectivity index (χ1v) is 6.82. The van der Waals surface area contributed by atoms with Crippen molar-refractivity contribution in [3.63, 3.8) is 0 Å². The predicted octanol–water partition coefficient (Wildman–Crippen LogP) is 2.98. The van der Waals surface area contributed by atoms with E-state index >= 15 is 0 Å². The SMILES string of the molecule is Cl.NCCCNC(=O)C1CC1c1ccc(Cl)cc1Cl. The summed E-state index contributed by atoms with van der Waals surface area (Å²) in [5, 5.41) is 4.15. The molecule has 0 saturated heterocycles. The van der Waals surface area contributed by atoms with Crippen molar-refractivity contribution in [1.82, 2.24) is 5.32 Å². The van der Waals surface area contributed by atoms with E-state index in [0.29, 0.717) is 23.1 Å². The zero-order valence-corrected chi connectivity index (χ0v) is 12.7. The second kappa shape index (κ2) is 7.34. The number of nitrogens with one attached hydrogen (secondary N) is 1. The molecule has 0 radical (unpaired) electrons. The second-order valence-corrected chi connectivity index (χ2v) is 5.39. The predicted molar refractivity (Wildman–Crippen MR) is 81.2 cm³/mol. The molecule has 0 bridgehead atoms. The summed E-state index contributed by atoms with van der Waals surface area (Å²) in [5.74, 6) is 0.369. The minimum atomic E-state index is 0. The number of nitrogens with two attached hydrogens (primary N) is 1. The van der Waals surface area contributed by atoms with Gasteiger partial charge in [-0.15, -0.1) is 12.4 Å². The number of carbonyl (C=O) groups excluding carboxylic acids is 1. The molecule has 0 aromatic heterocycles. The van der Waals surface area contributed by atoms with Gasteiger partial charge in [-0.25, -0.2) is 0 Å². The van der Waals surface area contributed by atoms with Crippen molar-refractivity contribution in [2.75, 3.05) is 13.1 Å². The normalized spacial score (nSPS) is 20.6. The van der Waals surface area contributed by atoms with Gasteiger partial charge in [-0.1, -0.05) is 29.3 Å². The molecule has 1 aliphatic carbocycles. The van der Waals surface area contributed by atoms with Gasteiger partial charge in [-0.05, 0) is 43.0 Å². The molecule has 19 heavy (non-hydrogen) atoms. The second-order valence-electron chi connectivity index (χ2n) is 4.55. The summed E-state index contributed by atoms with van der Waals surface area (Å²) in [5.41, 5.74) is 6.39. The lowest BCUT2D eigenvalue weighted by molar-refractivity contribution is -0.122. The van der Waals surface area contributed by atoms with Gasteiger partial charge >= 0.3 is 0 Å². The Hall–Kier alpha value is -0.480. The molecule has 1 fully saturated rings. The summed E-state index contributed by atoms with van der Waals surface area (Å²) in [7, 11) is 0. The highest BCUT2D eigenvalue weighted by Crippen LogP contribution is 2.49. The van der Waals surface area contributed by atoms with Gasteiger partial charge < -0.3 is 11.1 Å². The average molecular weight is 324 g/mol. The molecule has 0 heterocycles. The molecule has 3 nitrogen and oxygen atoms in total. The summed E-state index contributed by atoms with van der Waals surface area (Å²) in [4.78, 5) is 11.8. The molecule has 2 unspecified atom stereocenters. The first-order chi connectivity index (χ1) is 8.63. The van der Waals surface area contributed by atoms with Crippen LogP contribution in [0.4, 0.5) is 0 Å². The van der Waals surface area contributed by atoms with Crippen molar-refractivity contribution in [3.8, 4) is 0 Å². The minimum Gasteiger partial charge on any atom is -0.356 e. The van der Waals surface area contributed by atoms with Gasteiger partial charge in [0, 0.05) is 22.5 Å². The van der Waals surface area contributed by atoms with Crippen LogP contribution in [-0.2, 0) is 4.79 Å². The number of carbonyl (C=O) groups is 1. The Bertz CT molecular complexity index is 454. The molecule has 6 heteroatoms. The number of benzene rings is 1. The minimum absolute atomic E-state index is 0. The van der Waals surface area contributed by atoms with Crippen LogP contribution in [0.3, 0.4) is 0 Å². The third-order valence-electron chi connectivity index (χ3n) is 3.17. The highest BCUT2D eigenvalue weighted by molar-refractivity contribution is 6.35. The molecule has 2 atom stereocenters. The van der Waals surface area contributed by atoms with E-state index in [0.717, 1.165) is 18.4 Å². The molecule has 0 spiro atoms. The summed E-state index contributed by atoms with van der Waals surface area (Å²) < 4.78 is 0.